The average Bonchev–Trinajstić information content (AvgIpc) is 1.34. The van der Waals surface area contributed by atoms with Crippen molar-refractivity contribution in [1.29, 1.82) is 0 Å². The predicted molar refractivity (Wildman–Crippen MR) is 424 cm³/mol. The highest BCUT2D eigenvalue weighted by Crippen LogP contribution is 2.19. The number of carbonyl (C=O) groups excluding carboxylic acids is 2. The summed E-state index contributed by atoms with van der Waals surface area (Å²) in [5, 5.41) is 9.78. The molecule has 0 fully saturated rings. The lowest BCUT2D eigenvalue weighted by Gasteiger charge is -2.25. The zero-order valence-corrected chi connectivity index (χ0v) is 64.9. The van der Waals surface area contributed by atoms with Crippen LogP contribution >= 0.6 is 0 Å². The molecule has 0 rings (SSSR count). The summed E-state index contributed by atoms with van der Waals surface area (Å²) in [5.74, 6) is -2.01. The molecule has 0 aromatic heterocycles. The lowest BCUT2D eigenvalue weighted by molar-refractivity contribution is -0.870. The van der Waals surface area contributed by atoms with Gasteiger partial charge in [0.25, 0.3) is 6.29 Å². The molecule has 0 bridgehead atoms. The van der Waals surface area contributed by atoms with Crippen molar-refractivity contribution in [3.05, 3.63) is 109 Å². The molecule has 9 heteroatoms. The van der Waals surface area contributed by atoms with E-state index in [9.17, 15) is 19.5 Å². The van der Waals surface area contributed by atoms with Gasteiger partial charge in [0.1, 0.15) is 13.2 Å². The number of unbranched alkanes of at least 4 members (excludes halogenated alkanes) is 44. The van der Waals surface area contributed by atoms with E-state index in [1.165, 1.54) is 244 Å². The zero-order valence-electron chi connectivity index (χ0n) is 64.9. The molecule has 0 radical (unpaired) electrons. The van der Waals surface area contributed by atoms with Crippen molar-refractivity contribution in [2.75, 3.05) is 47.5 Å². The molecule has 0 spiro atoms. The van der Waals surface area contributed by atoms with E-state index in [1.54, 1.807) is 0 Å². The first-order valence-electron chi connectivity index (χ1n) is 41.6. The van der Waals surface area contributed by atoms with Gasteiger partial charge in [-0.15, -0.1) is 0 Å². The van der Waals surface area contributed by atoms with Crippen LogP contribution in [0.1, 0.15) is 380 Å². The molecular formula is C89H158NO8+. The quantitative estimate of drug-likeness (QED) is 0.0211. The molecule has 9 nitrogen and oxygen atoms in total. The third-order valence-corrected chi connectivity index (χ3v) is 18.3. The molecule has 0 aliphatic carbocycles. The van der Waals surface area contributed by atoms with Crippen LogP contribution in [0.3, 0.4) is 0 Å². The van der Waals surface area contributed by atoms with Crippen LogP contribution < -0.4 is 0 Å². The predicted octanol–water partition coefficient (Wildman–Crippen LogP) is 26.9. The minimum atomic E-state index is -1.52. The topological polar surface area (TPSA) is 108 Å². The molecule has 566 valence electrons. The van der Waals surface area contributed by atoms with E-state index < -0.39 is 24.3 Å². The highest BCUT2D eigenvalue weighted by molar-refractivity contribution is 5.71. The van der Waals surface area contributed by atoms with Crippen LogP contribution in [0.15, 0.2) is 109 Å². The van der Waals surface area contributed by atoms with Gasteiger partial charge in [-0.2, -0.15) is 0 Å². The second kappa shape index (κ2) is 78.7. The van der Waals surface area contributed by atoms with Crippen LogP contribution in [0.4, 0.5) is 0 Å². The van der Waals surface area contributed by atoms with Crippen molar-refractivity contribution in [1.82, 2.24) is 0 Å². The Labute approximate surface area is 606 Å². The van der Waals surface area contributed by atoms with Gasteiger partial charge < -0.3 is 28.5 Å². The second-order valence-electron chi connectivity index (χ2n) is 29.1. The van der Waals surface area contributed by atoms with E-state index in [0.29, 0.717) is 23.9 Å². The van der Waals surface area contributed by atoms with Gasteiger partial charge in [0.05, 0.1) is 34.4 Å². The smallest absolute Gasteiger partial charge is 0.361 e. The molecule has 0 amide bonds. The molecule has 1 N–H and O–H groups in total. The number of carbonyl (C=O) groups is 3. The van der Waals surface area contributed by atoms with Crippen LogP contribution in [-0.4, -0.2) is 87.4 Å². The fourth-order valence-electron chi connectivity index (χ4n) is 12.0. The van der Waals surface area contributed by atoms with Gasteiger partial charge in [-0.3, -0.25) is 9.59 Å². The van der Waals surface area contributed by atoms with Crippen LogP contribution in [0, 0.1) is 0 Å². The van der Waals surface area contributed by atoms with E-state index >= 15 is 0 Å². The Bertz CT molecular complexity index is 1990. The minimum absolute atomic E-state index is 0.182. The van der Waals surface area contributed by atoms with Crippen molar-refractivity contribution >= 4 is 17.9 Å². The number of likely N-dealkylation sites (N-methyl/N-ethyl adjacent to an activating group) is 1. The Hall–Kier alpha value is -4.05. The summed E-state index contributed by atoms with van der Waals surface area (Å²) in [6, 6.07) is 0. The number of hydrogen-bond donors (Lipinski definition) is 1. The molecule has 0 aromatic carbocycles. The second-order valence-corrected chi connectivity index (χ2v) is 29.1. The molecular weight excluding hydrogens is 1210 g/mol. The lowest BCUT2D eigenvalue weighted by Crippen LogP contribution is -2.40. The number of hydrogen-bond acceptors (Lipinski definition) is 7. The van der Waals surface area contributed by atoms with E-state index in [4.69, 9.17) is 18.9 Å². The maximum Gasteiger partial charge on any atom is 0.361 e. The van der Waals surface area contributed by atoms with Gasteiger partial charge in [0.2, 0.25) is 0 Å². The highest BCUT2D eigenvalue weighted by Gasteiger charge is 2.25. The molecule has 0 aromatic rings. The SMILES string of the molecule is CC/C=C\C/C=C\C/C=C\C/C=C\C/C=C\C/C=C\C/C=C\C/C=C\C/C=C\CCCCCCCCCC(=O)OC(COC(=O)CCCCCCCCCCCCCCCCCCCCCCCCCCCCCCCCCCCCCCCC)COC(OCC[N+](C)(C)C)C(=O)O. The number of carboxylic acid groups (broad SMARTS) is 1. The minimum Gasteiger partial charge on any atom is -0.477 e. The summed E-state index contributed by atoms with van der Waals surface area (Å²) >= 11 is 0. The van der Waals surface area contributed by atoms with E-state index in [2.05, 4.69) is 123 Å². The summed E-state index contributed by atoms with van der Waals surface area (Å²) < 4.78 is 23.0. The van der Waals surface area contributed by atoms with Crippen LogP contribution in [0.25, 0.3) is 0 Å². The fourth-order valence-corrected chi connectivity index (χ4v) is 12.0. The van der Waals surface area contributed by atoms with Crippen LogP contribution in [0.5, 0.6) is 0 Å². The van der Waals surface area contributed by atoms with E-state index in [0.717, 1.165) is 103 Å². The Morgan fingerprint density at radius 3 is 0.867 bits per heavy atom. The van der Waals surface area contributed by atoms with Crippen LogP contribution in [-0.2, 0) is 33.3 Å². The maximum atomic E-state index is 13.0. The van der Waals surface area contributed by atoms with Crippen molar-refractivity contribution in [3.63, 3.8) is 0 Å². The number of allylic oxidation sites excluding steroid dienone is 18. The Morgan fingerprint density at radius 1 is 0.316 bits per heavy atom. The maximum absolute atomic E-state index is 13.0. The van der Waals surface area contributed by atoms with Gasteiger partial charge in [-0.05, 0) is 83.5 Å². The van der Waals surface area contributed by atoms with Crippen molar-refractivity contribution in [2.24, 2.45) is 0 Å². The Kier molecular flexibility index (Phi) is 75.4. The summed E-state index contributed by atoms with van der Waals surface area (Å²) in [7, 11) is 5.98. The largest absolute Gasteiger partial charge is 0.477 e. The van der Waals surface area contributed by atoms with Crippen molar-refractivity contribution < 1.29 is 42.9 Å². The number of ether oxygens (including phenoxy) is 4. The molecule has 98 heavy (non-hydrogen) atoms. The van der Waals surface area contributed by atoms with Gasteiger partial charge >= 0.3 is 17.9 Å². The molecule has 0 aliphatic rings. The number of aliphatic carboxylic acids is 1. The Morgan fingerprint density at radius 2 is 0.582 bits per heavy atom. The zero-order chi connectivity index (χ0) is 71.1. The van der Waals surface area contributed by atoms with Gasteiger partial charge in [-0.25, -0.2) is 4.79 Å². The molecule has 0 saturated carbocycles. The van der Waals surface area contributed by atoms with E-state index in [1.807, 2.05) is 21.1 Å². The van der Waals surface area contributed by atoms with E-state index in [-0.39, 0.29) is 32.2 Å². The van der Waals surface area contributed by atoms with Gasteiger partial charge in [0.15, 0.2) is 6.10 Å². The summed E-state index contributed by atoms with van der Waals surface area (Å²) in [6.07, 6.45) is 108. The molecule has 2 unspecified atom stereocenters. The molecule has 0 heterocycles. The molecule has 0 saturated heterocycles. The summed E-state index contributed by atoms with van der Waals surface area (Å²) in [6.45, 7) is 4.79. The molecule has 2 atom stereocenters. The first kappa shape index (κ1) is 93.9. The third kappa shape index (κ3) is 79.3. The van der Waals surface area contributed by atoms with Crippen LogP contribution in [0.2, 0.25) is 0 Å². The number of rotatable bonds is 77. The third-order valence-electron chi connectivity index (χ3n) is 18.3. The van der Waals surface area contributed by atoms with Gasteiger partial charge in [0, 0.05) is 12.8 Å². The number of esters is 2. The van der Waals surface area contributed by atoms with Gasteiger partial charge in [-0.1, -0.05) is 393 Å². The lowest BCUT2D eigenvalue weighted by atomic mass is 10.0. The number of nitrogens with zero attached hydrogens (tertiary/aromatic N) is 1. The normalized spacial score (nSPS) is 13.2. The fraction of sp³-hybridized carbons (Fsp3) is 0.764. The number of carboxylic acids is 1. The van der Waals surface area contributed by atoms with Crippen molar-refractivity contribution in [3.8, 4) is 0 Å². The Balaban J connectivity index is 4.03. The molecule has 0 aliphatic heterocycles. The summed E-state index contributed by atoms with van der Waals surface area (Å²) in [4.78, 5) is 37.8. The standard InChI is InChI=1S/C89H157NO8/c1-6-8-10-12-14-16-18-20-22-24-26-28-30-32-34-36-38-40-42-43-44-46-47-49-51-53-55-57-59-61-63-65-67-69-71-73-75-77-79-86(91)96-83-85(84-97-89(88(93)94)95-82-81-90(3,4)5)98-87(92)80-78-76-74-72-70-68-66-64-62-60-58-56-54-52-50-48-45-41-39-37-35-33-31-29-27-25-23-21-19-17-15-13-11-9-7-2/h9,11,15,17,21,23,27,29,33,35,39,41,48,50,54,56,60,62,85,89H,6-8,10,12-14,16,18-20,22,24-26,28,30-32,34,36-38,40,42-47,49,51-53,55,57-59,61,63-84H2,1-5H3/p+1/b11-9-,17-15-,23-21-,29-27-,35-33-,41-39-,50-48-,56-54-,62-60-. The summed E-state index contributed by atoms with van der Waals surface area (Å²) in [5.41, 5.74) is 0. The highest BCUT2D eigenvalue weighted by atomic mass is 16.7. The number of quaternary nitrogens is 1. The first-order chi connectivity index (χ1) is 48.1. The average molecular weight is 1370 g/mol. The van der Waals surface area contributed by atoms with Crippen molar-refractivity contribution in [2.45, 2.75) is 392 Å². The monoisotopic (exact) mass is 1370 g/mol. The first-order valence-corrected chi connectivity index (χ1v) is 41.6.